The van der Waals surface area contributed by atoms with Gasteiger partial charge in [0, 0.05) is 7.11 Å². The van der Waals surface area contributed by atoms with Crippen LogP contribution in [-0.2, 0) is 10.3 Å². The molecule has 0 bridgehead atoms. The van der Waals surface area contributed by atoms with Gasteiger partial charge in [-0.25, -0.2) is 0 Å². The molecule has 2 unspecified atom stereocenters. The van der Waals surface area contributed by atoms with Crippen LogP contribution in [0.5, 0.6) is 0 Å². The van der Waals surface area contributed by atoms with Crippen LogP contribution < -0.4 is 0 Å². The van der Waals surface area contributed by atoms with E-state index in [0.717, 1.165) is 6.42 Å². The lowest BCUT2D eigenvalue weighted by Gasteiger charge is -2.37. The molecular weight excluding hydrogens is 265 g/mol. The Balaban J connectivity index is 2.17. The van der Waals surface area contributed by atoms with Crippen molar-refractivity contribution in [3.63, 3.8) is 0 Å². The summed E-state index contributed by atoms with van der Waals surface area (Å²) in [6.07, 6.45) is -4.89. The van der Waals surface area contributed by atoms with Crippen LogP contribution in [0.1, 0.15) is 43.8 Å². The maximum absolute atomic E-state index is 12.4. The Morgan fingerprint density at radius 2 is 2.05 bits per heavy atom. The Morgan fingerprint density at radius 1 is 1.42 bits per heavy atom. The third-order valence-electron chi connectivity index (χ3n) is 3.60. The number of hydrogen-bond acceptors (Lipinski definition) is 5. The predicted octanol–water partition coefficient (Wildman–Crippen LogP) is 2.12. The Kier molecular flexibility index (Phi) is 3.57. The number of hydrogen-bond donors (Lipinski definition) is 1. The van der Waals surface area contributed by atoms with Gasteiger partial charge in [0.25, 0.3) is 0 Å². The molecule has 5 nitrogen and oxygen atoms in total. The van der Waals surface area contributed by atoms with Crippen molar-refractivity contribution in [1.29, 1.82) is 0 Å². The van der Waals surface area contributed by atoms with Crippen molar-refractivity contribution in [2.75, 3.05) is 7.11 Å². The summed E-state index contributed by atoms with van der Waals surface area (Å²) in [5, 5.41) is 12.8. The quantitative estimate of drug-likeness (QED) is 0.915. The molecule has 8 heteroatoms. The largest absolute Gasteiger partial charge is 0.415 e. The maximum atomic E-state index is 12.4. The number of methoxy groups -OCH3 is 1. The van der Waals surface area contributed by atoms with Gasteiger partial charge in [0.15, 0.2) is 6.10 Å². The SMILES string of the molecule is COC1(c2noc(C(C)C(O)C(F)(F)F)n2)CCC1. The lowest BCUT2D eigenvalue weighted by atomic mass is 9.79. The van der Waals surface area contributed by atoms with E-state index in [2.05, 4.69) is 10.1 Å². The van der Waals surface area contributed by atoms with Crippen LogP contribution >= 0.6 is 0 Å². The minimum Gasteiger partial charge on any atom is -0.383 e. The van der Waals surface area contributed by atoms with Gasteiger partial charge in [0.1, 0.15) is 5.60 Å². The standard InChI is InChI=1S/C11H15F3N2O3/c1-6(7(17)11(12,13)14)8-15-9(16-19-8)10(18-2)4-3-5-10/h6-7,17H,3-5H2,1-2H3. The van der Waals surface area contributed by atoms with E-state index in [4.69, 9.17) is 14.4 Å². The number of rotatable bonds is 4. The first-order valence-corrected chi connectivity index (χ1v) is 5.94. The molecule has 19 heavy (non-hydrogen) atoms. The molecule has 1 aromatic heterocycles. The summed E-state index contributed by atoms with van der Waals surface area (Å²) < 4.78 is 47.4. The Hall–Kier alpha value is -1.15. The fourth-order valence-electron chi connectivity index (χ4n) is 2.04. The molecule has 0 aliphatic heterocycles. The summed E-state index contributed by atoms with van der Waals surface area (Å²) in [4.78, 5) is 3.95. The summed E-state index contributed by atoms with van der Waals surface area (Å²) in [6, 6.07) is 0. The normalized spacial score (nSPS) is 21.8. The molecule has 0 spiro atoms. The molecule has 1 heterocycles. The van der Waals surface area contributed by atoms with Gasteiger partial charge in [-0.3, -0.25) is 0 Å². The fraction of sp³-hybridized carbons (Fsp3) is 0.818. The minimum absolute atomic E-state index is 0.233. The highest BCUT2D eigenvalue weighted by molar-refractivity contribution is 5.08. The second kappa shape index (κ2) is 4.75. The number of aliphatic hydroxyl groups excluding tert-OH is 1. The zero-order valence-electron chi connectivity index (χ0n) is 10.6. The molecular formula is C11H15F3N2O3. The van der Waals surface area contributed by atoms with Crippen LogP contribution in [0.3, 0.4) is 0 Å². The summed E-state index contributed by atoms with van der Waals surface area (Å²) in [7, 11) is 1.50. The first-order chi connectivity index (χ1) is 8.80. The van der Waals surface area contributed by atoms with Crippen molar-refractivity contribution in [1.82, 2.24) is 10.1 Å². The number of aromatic nitrogens is 2. The highest BCUT2D eigenvalue weighted by Crippen LogP contribution is 2.43. The van der Waals surface area contributed by atoms with Gasteiger partial charge in [-0.1, -0.05) is 12.1 Å². The van der Waals surface area contributed by atoms with E-state index in [-0.39, 0.29) is 11.7 Å². The molecule has 108 valence electrons. The highest BCUT2D eigenvalue weighted by Gasteiger charge is 2.46. The molecule has 1 fully saturated rings. The van der Waals surface area contributed by atoms with Crippen LogP contribution in [0.4, 0.5) is 13.2 Å². The number of halogens is 3. The molecule has 0 aromatic carbocycles. The van der Waals surface area contributed by atoms with Gasteiger partial charge < -0.3 is 14.4 Å². The number of ether oxygens (including phenoxy) is 1. The van der Waals surface area contributed by atoms with E-state index in [1.807, 2.05) is 0 Å². The van der Waals surface area contributed by atoms with E-state index >= 15 is 0 Å². The van der Waals surface area contributed by atoms with Gasteiger partial charge in [-0.2, -0.15) is 18.2 Å². The van der Waals surface area contributed by atoms with Crippen LogP contribution in [-0.4, -0.2) is 34.6 Å². The van der Waals surface area contributed by atoms with Gasteiger partial charge in [0.2, 0.25) is 11.7 Å². The molecule has 1 aromatic rings. The van der Waals surface area contributed by atoms with Gasteiger partial charge in [-0.05, 0) is 19.3 Å². The number of nitrogens with zero attached hydrogens (tertiary/aromatic N) is 2. The van der Waals surface area contributed by atoms with Crippen molar-refractivity contribution in [3.05, 3.63) is 11.7 Å². The molecule has 1 N–H and O–H groups in total. The predicted molar refractivity (Wildman–Crippen MR) is 57.3 cm³/mol. The lowest BCUT2D eigenvalue weighted by Crippen LogP contribution is -2.37. The Morgan fingerprint density at radius 3 is 2.47 bits per heavy atom. The summed E-state index contributed by atoms with van der Waals surface area (Å²) in [5.41, 5.74) is -0.648. The van der Waals surface area contributed by atoms with Crippen LogP contribution in [0, 0.1) is 0 Å². The third kappa shape index (κ3) is 2.46. The zero-order valence-corrected chi connectivity index (χ0v) is 10.6. The zero-order chi connectivity index (χ0) is 14.3. The first-order valence-electron chi connectivity index (χ1n) is 5.94. The van der Waals surface area contributed by atoms with Crippen molar-refractivity contribution in [2.24, 2.45) is 0 Å². The number of alkyl halides is 3. The lowest BCUT2D eigenvalue weighted by molar-refractivity contribution is -0.210. The van der Waals surface area contributed by atoms with Crippen LogP contribution in [0.25, 0.3) is 0 Å². The van der Waals surface area contributed by atoms with Crippen molar-refractivity contribution in [3.8, 4) is 0 Å². The van der Waals surface area contributed by atoms with Crippen LogP contribution in [0.2, 0.25) is 0 Å². The highest BCUT2D eigenvalue weighted by atomic mass is 19.4. The molecule has 1 aliphatic rings. The van der Waals surface area contributed by atoms with Crippen molar-refractivity contribution in [2.45, 2.75) is 50.0 Å². The van der Waals surface area contributed by atoms with Crippen LogP contribution in [0.15, 0.2) is 4.52 Å². The van der Waals surface area contributed by atoms with Crippen molar-refractivity contribution >= 4 is 0 Å². The van der Waals surface area contributed by atoms with E-state index in [9.17, 15) is 13.2 Å². The van der Waals surface area contributed by atoms with E-state index in [0.29, 0.717) is 12.8 Å². The molecule has 0 amide bonds. The van der Waals surface area contributed by atoms with E-state index in [1.165, 1.54) is 14.0 Å². The molecule has 1 saturated carbocycles. The smallest absolute Gasteiger partial charge is 0.383 e. The molecule has 0 saturated heterocycles. The fourth-order valence-corrected chi connectivity index (χ4v) is 2.04. The summed E-state index contributed by atoms with van der Waals surface area (Å²) in [5.74, 6) is -1.30. The van der Waals surface area contributed by atoms with Crippen molar-refractivity contribution < 1.29 is 27.5 Å². The topological polar surface area (TPSA) is 68.4 Å². The van der Waals surface area contributed by atoms with Gasteiger partial charge >= 0.3 is 6.18 Å². The second-order valence-corrected chi connectivity index (χ2v) is 4.78. The average Bonchev–Trinajstić information content (AvgIpc) is 2.75. The molecule has 0 radical (unpaired) electrons. The maximum Gasteiger partial charge on any atom is 0.415 e. The summed E-state index contributed by atoms with van der Waals surface area (Å²) in [6.45, 7) is 1.19. The van der Waals surface area contributed by atoms with Gasteiger partial charge in [-0.15, -0.1) is 0 Å². The van der Waals surface area contributed by atoms with E-state index in [1.54, 1.807) is 0 Å². The minimum atomic E-state index is -4.72. The molecule has 2 rings (SSSR count). The number of aliphatic hydroxyl groups is 1. The summed E-state index contributed by atoms with van der Waals surface area (Å²) >= 11 is 0. The second-order valence-electron chi connectivity index (χ2n) is 4.78. The molecule has 2 atom stereocenters. The Labute approximate surface area is 107 Å². The molecule has 1 aliphatic carbocycles. The van der Waals surface area contributed by atoms with Gasteiger partial charge in [0.05, 0.1) is 5.92 Å². The average molecular weight is 280 g/mol. The third-order valence-corrected chi connectivity index (χ3v) is 3.60. The van der Waals surface area contributed by atoms with E-state index < -0.39 is 23.8 Å². The first kappa shape index (κ1) is 14.3. The Bertz CT molecular complexity index is 437. The monoisotopic (exact) mass is 280 g/mol.